The standard InChI is InChI=1S/C9H8BFO3/c10-7-2-1-6(9(12)13)5-8(7)14-4-3-11/h1-2,5H,3-4H2,(H,12,13). The second-order valence-electron chi connectivity index (χ2n) is 2.60. The van der Waals surface area contributed by atoms with E-state index in [4.69, 9.17) is 17.7 Å². The fraction of sp³-hybridized carbons (Fsp3) is 0.222. The van der Waals surface area contributed by atoms with E-state index in [1.807, 2.05) is 0 Å². The molecule has 0 saturated heterocycles. The van der Waals surface area contributed by atoms with Crippen LogP contribution in [0.1, 0.15) is 10.4 Å². The van der Waals surface area contributed by atoms with Crippen LogP contribution in [0.3, 0.4) is 0 Å². The Labute approximate surface area is 81.9 Å². The van der Waals surface area contributed by atoms with E-state index < -0.39 is 12.6 Å². The van der Waals surface area contributed by atoms with E-state index in [2.05, 4.69) is 0 Å². The quantitative estimate of drug-likeness (QED) is 0.711. The number of aromatic carboxylic acids is 1. The largest absolute Gasteiger partial charge is 0.491 e. The van der Waals surface area contributed by atoms with Gasteiger partial charge in [-0.05, 0) is 12.1 Å². The van der Waals surface area contributed by atoms with Crippen LogP contribution in [0.2, 0.25) is 0 Å². The van der Waals surface area contributed by atoms with Gasteiger partial charge in [0.15, 0.2) is 0 Å². The molecule has 0 aliphatic carbocycles. The van der Waals surface area contributed by atoms with Crippen LogP contribution in [-0.4, -0.2) is 32.2 Å². The Morgan fingerprint density at radius 1 is 1.57 bits per heavy atom. The molecule has 3 nitrogen and oxygen atoms in total. The minimum absolute atomic E-state index is 0.0630. The van der Waals surface area contributed by atoms with Crippen LogP contribution in [0.25, 0.3) is 0 Å². The summed E-state index contributed by atoms with van der Waals surface area (Å²) >= 11 is 0. The van der Waals surface area contributed by atoms with Crippen LogP contribution in [-0.2, 0) is 0 Å². The van der Waals surface area contributed by atoms with Gasteiger partial charge in [-0.1, -0.05) is 11.5 Å². The first kappa shape index (κ1) is 10.6. The number of carbonyl (C=O) groups is 1. The molecule has 0 aliphatic heterocycles. The van der Waals surface area contributed by atoms with Gasteiger partial charge in [0.25, 0.3) is 0 Å². The third-order valence-corrected chi connectivity index (χ3v) is 1.60. The molecular formula is C9H8BFO3. The summed E-state index contributed by atoms with van der Waals surface area (Å²) in [4.78, 5) is 10.6. The molecule has 0 heterocycles. The Hall–Kier alpha value is -1.52. The molecule has 0 aromatic heterocycles. The highest BCUT2D eigenvalue weighted by Gasteiger charge is 2.06. The van der Waals surface area contributed by atoms with Crippen LogP contribution >= 0.6 is 0 Å². The molecule has 5 heteroatoms. The first-order valence-electron chi connectivity index (χ1n) is 3.96. The summed E-state index contributed by atoms with van der Waals surface area (Å²) in [6.07, 6.45) is 0. The molecule has 0 bridgehead atoms. The van der Waals surface area contributed by atoms with Crippen LogP contribution in [0.4, 0.5) is 4.39 Å². The number of carboxylic acids is 1. The van der Waals surface area contributed by atoms with Crippen molar-refractivity contribution in [1.29, 1.82) is 0 Å². The van der Waals surface area contributed by atoms with Gasteiger partial charge in [0.05, 0.1) is 5.56 Å². The number of hydrogen-bond acceptors (Lipinski definition) is 2. The number of ether oxygens (including phenoxy) is 1. The first-order chi connectivity index (χ1) is 6.65. The number of benzene rings is 1. The lowest BCUT2D eigenvalue weighted by molar-refractivity contribution is 0.0696. The number of alkyl halides is 1. The third kappa shape index (κ3) is 2.48. The highest BCUT2D eigenvalue weighted by molar-refractivity contribution is 6.34. The van der Waals surface area contributed by atoms with Crippen molar-refractivity contribution in [2.45, 2.75) is 0 Å². The Morgan fingerprint density at radius 3 is 2.86 bits per heavy atom. The molecule has 1 rings (SSSR count). The Kier molecular flexibility index (Phi) is 3.51. The number of halogens is 1. The molecule has 0 amide bonds. The predicted octanol–water partition coefficient (Wildman–Crippen LogP) is 0.527. The van der Waals surface area contributed by atoms with Crippen molar-refractivity contribution in [1.82, 2.24) is 0 Å². The van der Waals surface area contributed by atoms with Gasteiger partial charge in [0.2, 0.25) is 0 Å². The molecule has 72 valence electrons. The molecule has 1 aromatic carbocycles. The molecule has 0 saturated carbocycles. The molecular weight excluding hydrogens is 186 g/mol. The number of hydrogen-bond donors (Lipinski definition) is 1. The topological polar surface area (TPSA) is 46.5 Å². The zero-order valence-electron chi connectivity index (χ0n) is 7.37. The molecule has 14 heavy (non-hydrogen) atoms. The smallest absolute Gasteiger partial charge is 0.335 e. The Morgan fingerprint density at radius 2 is 2.29 bits per heavy atom. The van der Waals surface area contributed by atoms with Crippen molar-refractivity contribution in [2.24, 2.45) is 0 Å². The average molecular weight is 194 g/mol. The minimum Gasteiger partial charge on any atom is -0.491 e. The van der Waals surface area contributed by atoms with Gasteiger partial charge < -0.3 is 9.84 Å². The fourth-order valence-corrected chi connectivity index (χ4v) is 0.941. The van der Waals surface area contributed by atoms with Crippen LogP contribution < -0.4 is 10.2 Å². The lowest BCUT2D eigenvalue weighted by Crippen LogP contribution is -2.12. The summed E-state index contributed by atoms with van der Waals surface area (Å²) in [5.74, 6) is -0.877. The van der Waals surface area contributed by atoms with Gasteiger partial charge in [0, 0.05) is 0 Å². The van der Waals surface area contributed by atoms with E-state index in [0.717, 1.165) is 0 Å². The SMILES string of the molecule is [B]c1ccc(C(=O)O)cc1OCCF. The lowest BCUT2D eigenvalue weighted by Gasteiger charge is -2.08. The summed E-state index contributed by atoms with van der Waals surface area (Å²) in [6, 6.07) is 4.05. The average Bonchev–Trinajstić information content (AvgIpc) is 2.16. The van der Waals surface area contributed by atoms with Gasteiger partial charge in [0.1, 0.15) is 26.9 Å². The molecule has 1 aromatic rings. The third-order valence-electron chi connectivity index (χ3n) is 1.60. The molecule has 1 N–H and O–H groups in total. The van der Waals surface area contributed by atoms with Crippen molar-refractivity contribution in [3.05, 3.63) is 23.8 Å². The summed E-state index contributed by atoms with van der Waals surface area (Å²) in [6.45, 7) is -0.774. The molecule has 0 unspecified atom stereocenters. The van der Waals surface area contributed by atoms with Crippen molar-refractivity contribution >= 4 is 19.3 Å². The van der Waals surface area contributed by atoms with Crippen molar-refractivity contribution in [2.75, 3.05) is 13.3 Å². The van der Waals surface area contributed by atoms with Crippen molar-refractivity contribution in [3.63, 3.8) is 0 Å². The minimum atomic E-state index is -1.07. The van der Waals surface area contributed by atoms with E-state index in [-0.39, 0.29) is 17.9 Å². The number of carboxylic acid groups (broad SMARTS) is 1. The predicted molar refractivity (Wildman–Crippen MR) is 50.3 cm³/mol. The maximum Gasteiger partial charge on any atom is 0.335 e. The second-order valence-corrected chi connectivity index (χ2v) is 2.60. The second kappa shape index (κ2) is 4.65. The van der Waals surface area contributed by atoms with E-state index in [1.54, 1.807) is 0 Å². The van der Waals surface area contributed by atoms with E-state index in [1.165, 1.54) is 18.2 Å². The first-order valence-corrected chi connectivity index (χ1v) is 3.96. The van der Waals surface area contributed by atoms with E-state index in [9.17, 15) is 9.18 Å². The Balaban J connectivity index is 2.90. The van der Waals surface area contributed by atoms with Gasteiger partial charge in [-0.3, -0.25) is 0 Å². The van der Waals surface area contributed by atoms with E-state index >= 15 is 0 Å². The summed E-state index contributed by atoms with van der Waals surface area (Å²) < 4.78 is 16.7. The van der Waals surface area contributed by atoms with Crippen LogP contribution in [0, 0.1) is 0 Å². The normalized spacial score (nSPS) is 9.79. The lowest BCUT2D eigenvalue weighted by atomic mass is 9.94. The van der Waals surface area contributed by atoms with Gasteiger partial charge in [-0.15, -0.1) is 0 Å². The van der Waals surface area contributed by atoms with Crippen molar-refractivity contribution < 1.29 is 19.0 Å². The number of rotatable bonds is 4. The van der Waals surface area contributed by atoms with Gasteiger partial charge >= 0.3 is 5.97 Å². The molecule has 2 radical (unpaired) electrons. The fourth-order valence-electron chi connectivity index (χ4n) is 0.941. The van der Waals surface area contributed by atoms with Gasteiger partial charge in [-0.25, -0.2) is 9.18 Å². The summed E-state index contributed by atoms with van der Waals surface area (Å²) in [5.41, 5.74) is 0.358. The maximum atomic E-state index is 11.8. The van der Waals surface area contributed by atoms with Crippen molar-refractivity contribution in [3.8, 4) is 5.75 Å². The van der Waals surface area contributed by atoms with Gasteiger partial charge in [-0.2, -0.15) is 0 Å². The molecule has 0 fully saturated rings. The zero-order valence-corrected chi connectivity index (χ0v) is 7.37. The molecule has 0 aliphatic rings. The van der Waals surface area contributed by atoms with Crippen LogP contribution in [0.15, 0.2) is 18.2 Å². The Bertz CT molecular complexity index is 341. The zero-order chi connectivity index (χ0) is 10.6. The summed E-state index contributed by atoms with van der Waals surface area (Å²) in [5, 5.41) is 8.66. The monoisotopic (exact) mass is 194 g/mol. The summed E-state index contributed by atoms with van der Waals surface area (Å²) in [7, 11) is 5.49. The highest BCUT2D eigenvalue weighted by Crippen LogP contribution is 2.10. The maximum absolute atomic E-state index is 11.8. The van der Waals surface area contributed by atoms with Crippen LogP contribution in [0.5, 0.6) is 5.75 Å². The molecule has 0 spiro atoms. The van der Waals surface area contributed by atoms with E-state index in [0.29, 0.717) is 5.46 Å². The molecule has 0 atom stereocenters. The highest BCUT2D eigenvalue weighted by atomic mass is 19.1.